The highest BCUT2D eigenvalue weighted by Gasteiger charge is 2.38. The summed E-state index contributed by atoms with van der Waals surface area (Å²) in [5.74, 6) is 1.65. The summed E-state index contributed by atoms with van der Waals surface area (Å²) in [6.45, 7) is 4.73. The van der Waals surface area contributed by atoms with E-state index in [4.69, 9.17) is 15.2 Å². The maximum absolute atomic E-state index is 5.92. The first kappa shape index (κ1) is 13.5. The first-order chi connectivity index (χ1) is 8.80. The van der Waals surface area contributed by atoms with Crippen LogP contribution in [0.2, 0.25) is 0 Å². The van der Waals surface area contributed by atoms with Gasteiger partial charge in [0.1, 0.15) is 11.4 Å². The lowest BCUT2D eigenvalue weighted by Gasteiger charge is -2.34. The van der Waals surface area contributed by atoms with Crippen molar-refractivity contribution in [3.05, 3.63) is 11.6 Å². The molecule has 0 radical (unpaired) electrons. The molecule has 1 saturated heterocycles. The average molecular weight is 254 g/mol. The van der Waals surface area contributed by atoms with E-state index in [9.17, 15) is 0 Å². The Morgan fingerprint density at radius 2 is 2.22 bits per heavy atom. The minimum Gasteiger partial charge on any atom is -0.381 e. The summed E-state index contributed by atoms with van der Waals surface area (Å²) in [5.41, 5.74) is 5.13. The van der Waals surface area contributed by atoms with Gasteiger partial charge in [0.25, 0.3) is 0 Å². The quantitative estimate of drug-likeness (QED) is 0.782. The van der Waals surface area contributed by atoms with E-state index in [1.165, 1.54) is 0 Å². The third-order valence-corrected chi connectivity index (χ3v) is 3.28. The lowest BCUT2D eigenvalue weighted by Crippen LogP contribution is -2.37. The molecule has 18 heavy (non-hydrogen) atoms. The van der Waals surface area contributed by atoms with Gasteiger partial charge in [0, 0.05) is 39.1 Å². The Hall–Kier alpha value is -0.980. The Morgan fingerprint density at radius 3 is 2.89 bits per heavy atom. The van der Waals surface area contributed by atoms with Crippen LogP contribution in [0.1, 0.15) is 37.8 Å². The fourth-order valence-electron chi connectivity index (χ4n) is 2.29. The van der Waals surface area contributed by atoms with Crippen molar-refractivity contribution >= 4 is 0 Å². The topological polar surface area (TPSA) is 86.0 Å². The normalized spacial score (nSPS) is 19.0. The van der Waals surface area contributed by atoms with Crippen molar-refractivity contribution in [3.8, 4) is 0 Å². The number of hydrogen-bond donors (Lipinski definition) is 2. The van der Waals surface area contributed by atoms with Crippen LogP contribution in [0.5, 0.6) is 0 Å². The van der Waals surface area contributed by atoms with Gasteiger partial charge in [0.05, 0.1) is 0 Å². The summed E-state index contributed by atoms with van der Waals surface area (Å²) < 4.78 is 11.3. The number of aryl methyl sites for hydroxylation is 1. The standard InChI is InChI=1S/C12H22N4O2/c1-2-18-12(5-8-17-9-6-12)11-14-10(15-16-11)4-3-7-13/h2-9,13H2,1H3,(H,14,15,16). The molecule has 1 aromatic rings. The van der Waals surface area contributed by atoms with Gasteiger partial charge in [-0.05, 0) is 19.9 Å². The number of hydrogen-bond acceptors (Lipinski definition) is 5. The largest absolute Gasteiger partial charge is 0.381 e. The van der Waals surface area contributed by atoms with Crippen LogP contribution in [0, 0.1) is 0 Å². The van der Waals surface area contributed by atoms with Gasteiger partial charge < -0.3 is 15.2 Å². The van der Waals surface area contributed by atoms with Crippen LogP contribution >= 0.6 is 0 Å². The molecule has 1 aliphatic rings. The molecule has 6 nitrogen and oxygen atoms in total. The van der Waals surface area contributed by atoms with Crippen molar-refractivity contribution in [1.82, 2.24) is 15.2 Å². The number of rotatable bonds is 6. The second-order valence-corrected chi connectivity index (χ2v) is 4.54. The minimum atomic E-state index is -0.371. The molecule has 0 bridgehead atoms. The molecule has 0 aliphatic carbocycles. The second-order valence-electron chi connectivity index (χ2n) is 4.54. The summed E-state index contributed by atoms with van der Waals surface area (Å²) >= 11 is 0. The lowest BCUT2D eigenvalue weighted by molar-refractivity contribution is -0.117. The summed E-state index contributed by atoms with van der Waals surface area (Å²) in [6.07, 6.45) is 3.38. The van der Waals surface area contributed by atoms with Gasteiger partial charge in [-0.2, -0.15) is 5.10 Å². The summed E-state index contributed by atoms with van der Waals surface area (Å²) in [6, 6.07) is 0. The van der Waals surface area contributed by atoms with E-state index >= 15 is 0 Å². The molecule has 3 N–H and O–H groups in total. The summed E-state index contributed by atoms with van der Waals surface area (Å²) in [5, 5.41) is 7.31. The molecule has 6 heteroatoms. The smallest absolute Gasteiger partial charge is 0.182 e. The number of aromatic nitrogens is 3. The molecule has 2 rings (SSSR count). The molecule has 2 heterocycles. The summed E-state index contributed by atoms with van der Waals surface area (Å²) in [7, 11) is 0. The third-order valence-electron chi connectivity index (χ3n) is 3.28. The van der Waals surface area contributed by atoms with Gasteiger partial charge in [0.15, 0.2) is 5.82 Å². The highest BCUT2D eigenvalue weighted by atomic mass is 16.5. The zero-order valence-electron chi connectivity index (χ0n) is 10.9. The van der Waals surface area contributed by atoms with E-state index in [2.05, 4.69) is 15.2 Å². The van der Waals surface area contributed by atoms with Crippen LogP contribution < -0.4 is 5.73 Å². The second kappa shape index (κ2) is 6.26. The Bertz CT molecular complexity index is 355. The molecule has 0 spiro atoms. The minimum absolute atomic E-state index is 0.371. The predicted octanol–water partition coefficient (Wildman–Crippen LogP) is 0.738. The number of ether oxygens (including phenoxy) is 2. The molecule has 102 valence electrons. The van der Waals surface area contributed by atoms with Crippen molar-refractivity contribution in [3.63, 3.8) is 0 Å². The number of aromatic amines is 1. The van der Waals surface area contributed by atoms with Crippen LogP contribution in [0.15, 0.2) is 0 Å². The fourth-order valence-corrected chi connectivity index (χ4v) is 2.29. The zero-order valence-corrected chi connectivity index (χ0v) is 10.9. The molecule has 0 unspecified atom stereocenters. The van der Waals surface area contributed by atoms with Gasteiger partial charge in [-0.15, -0.1) is 0 Å². The zero-order chi connectivity index (χ0) is 12.8. The number of nitrogens with zero attached hydrogens (tertiary/aromatic N) is 2. The van der Waals surface area contributed by atoms with Crippen molar-refractivity contribution in [2.24, 2.45) is 5.73 Å². The highest BCUT2D eigenvalue weighted by molar-refractivity contribution is 5.05. The maximum atomic E-state index is 5.92. The van der Waals surface area contributed by atoms with Gasteiger partial charge in [-0.25, -0.2) is 4.98 Å². The fraction of sp³-hybridized carbons (Fsp3) is 0.833. The van der Waals surface area contributed by atoms with Gasteiger partial charge in [-0.3, -0.25) is 5.10 Å². The Balaban J connectivity index is 2.12. The third kappa shape index (κ3) is 2.88. The van der Waals surface area contributed by atoms with Crippen LogP contribution in [-0.2, 0) is 21.5 Å². The SMILES string of the molecule is CCOC1(c2n[nH]c(CCCN)n2)CCOCC1. The van der Waals surface area contributed by atoms with Crippen molar-refractivity contribution in [2.45, 2.75) is 38.2 Å². The molecule has 0 aromatic carbocycles. The molecule has 1 aliphatic heterocycles. The number of nitrogens with two attached hydrogens (primary N) is 1. The van der Waals surface area contributed by atoms with Crippen LogP contribution in [0.4, 0.5) is 0 Å². The first-order valence-corrected chi connectivity index (χ1v) is 6.64. The van der Waals surface area contributed by atoms with Crippen molar-refractivity contribution in [2.75, 3.05) is 26.4 Å². The van der Waals surface area contributed by atoms with Crippen molar-refractivity contribution in [1.29, 1.82) is 0 Å². The van der Waals surface area contributed by atoms with E-state index in [0.29, 0.717) is 26.4 Å². The highest BCUT2D eigenvalue weighted by Crippen LogP contribution is 2.33. The molecule has 0 amide bonds. The van der Waals surface area contributed by atoms with E-state index in [0.717, 1.165) is 37.3 Å². The van der Waals surface area contributed by atoms with Gasteiger partial charge in [0.2, 0.25) is 0 Å². The number of H-pyrrole nitrogens is 1. The lowest BCUT2D eigenvalue weighted by atomic mass is 9.93. The molecular weight excluding hydrogens is 232 g/mol. The van der Waals surface area contributed by atoms with Crippen LogP contribution in [0.3, 0.4) is 0 Å². The summed E-state index contributed by atoms with van der Waals surface area (Å²) in [4.78, 5) is 4.56. The molecule has 1 aromatic heterocycles. The van der Waals surface area contributed by atoms with E-state index in [1.807, 2.05) is 6.92 Å². The Morgan fingerprint density at radius 1 is 1.44 bits per heavy atom. The predicted molar refractivity (Wildman–Crippen MR) is 67.1 cm³/mol. The molecule has 0 saturated carbocycles. The van der Waals surface area contributed by atoms with E-state index in [-0.39, 0.29) is 5.60 Å². The van der Waals surface area contributed by atoms with Crippen molar-refractivity contribution < 1.29 is 9.47 Å². The van der Waals surface area contributed by atoms with Crippen LogP contribution in [-0.4, -0.2) is 41.5 Å². The van der Waals surface area contributed by atoms with E-state index in [1.54, 1.807) is 0 Å². The molecule has 0 atom stereocenters. The first-order valence-electron chi connectivity index (χ1n) is 6.64. The number of nitrogens with one attached hydrogen (secondary N) is 1. The Labute approximate surface area is 107 Å². The molecule has 1 fully saturated rings. The van der Waals surface area contributed by atoms with E-state index < -0.39 is 0 Å². The monoisotopic (exact) mass is 254 g/mol. The van der Waals surface area contributed by atoms with Gasteiger partial charge in [-0.1, -0.05) is 0 Å². The maximum Gasteiger partial charge on any atom is 0.182 e. The Kier molecular flexibility index (Phi) is 4.68. The van der Waals surface area contributed by atoms with Crippen LogP contribution in [0.25, 0.3) is 0 Å². The molecular formula is C12H22N4O2. The van der Waals surface area contributed by atoms with Gasteiger partial charge >= 0.3 is 0 Å². The average Bonchev–Trinajstić information content (AvgIpc) is 2.87.